The van der Waals surface area contributed by atoms with Crippen LogP contribution in [0.3, 0.4) is 0 Å². The fourth-order valence-electron chi connectivity index (χ4n) is 3.73. The van der Waals surface area contributed by atoms with Crippen molar-refractivity contribution in [2.75, 3.05) is 13.1 Å². The lowest BCUT2D eigenvalue weighted by Gasteiger charge is -2.18. The molecule has 0 radical (unpaired) electrons. The average Bonchev–Trinajstić information content (AvgIpc) is 3.29. The fraction of sp³-hybridized carbons (Fsp3) is 0.400. The van der Waals surface area contributed by atoms with Gasteiger partial charge in [-0.1, -0.05) is 6.07 Å². The summed E-state index contributed by atoms with van der Waals surface area (Å²) in [5, 5.41) is 24.9. The third-order valence-electron chi connectivity index (χ3n) is 5.32. The molecule has 2 atom stereocenters. The minimum Gasteiger partial charge on any atom is -0.412 e. The quantitative estimate of drug-likeness (QED) is 0.379. The number of amides is 1. The lowest BCUT2D eigenvalue weighted by molar-refractivity contribution is 0.0905. The van der Waals surface area contributed by atoms with Crippen LogP contribution in [0.2, 0.25) is 0 Å². The van der Waals surface area contributed by atoms with Gasteiger partial charge in [0.2, 0.25) is 5.89 Å². The van der Waals surface area contributed by atoms with Crippen LogP contribution >= 0.6 is 0 Å². The molecule has 1 saturated carbocycles. The van der Waals surface area contributed by atoms with Gasteiger partial charge in [0.05, 0.1) is 11.6 Å². The standard InChI is InChI=1S/C20H24N8O2/c21-5-6-28(23)11-15-8-14(10-24-15)25-18(29)20-27-26-19(30-20)17-7-12(9-22)1-4-16(17)13-2-3-13/h1,4-7,13-15,24H,2-3,8,10-11,21,23H2,(H,25,29)/b6-5-/t14?,15-/m0/s1. The van der Waals surface area contributed by atoms with E-state index >= 15 is 0 Å². The van der Waals surface area contributed by atoms with Crippen molar-refractivity contribution in [3.05, 3.63) is 47.6 Å². The molecule has 10 nitrogen and oxygen atoms in total. The van der Waals surface area contributed by atoms with Crippen LogP contribution in [0, 0.1) is 11.3 Å². The third-order valence-corrected chi connectivity index (χ3v) is 5.32. The second-order valence-electron chi connectivity index (χ2n) is 7.65. The van der Waals surface area contributed by atoms with Gasteiger partial charge in [-0.05, 0) is 42.9 Å². The number of carbonyl (C=O) groups excluding carboxylic acids is 1. The first-order chi connectivity index (χ1) is 14.6. The Kier molecular flexibility index (Phi) is 5.65. The molecular formula is C20H24N8O2. The predicted molar refractivity (Wildman–Crippen MR) is 108 cm³/mol. The van der Waals surface area contributed by atoms with Crippen molar-refractivity contribution >= 4 is 5.91 Å². The first-order valence-corrected chi connectivity index (χ1v) is 9.89. The van der Waals surface area contributed by atoms with E-state index in [-0.39, 0.29) is 23.9 Å². The topological polar surface area (TPSA) is 159 Å². The Bertz CT molecular complexity index is 991. The Labute approximate surface area is 173 Å². The zero-order chi connectivity index (χ0) is 21.1. The molecule has 10 heteroatoms. The van der Waals surface area contributed by atoms with Crippen molar-refractivity contribution in [3.8, 4) is 17.5 Å². The van der Waals surface area contributed by atoms with Crippen LogP contribution in [-0.2, 0) is 0 Å². The molecule has 1 saturated heterocycles. The molecule has 1 aliphatic heterocycles. The first kappa shape index (κ1) is 19.9. The van der Waals surface area contributed by atoms with Gasteiger partial charge in [0.25, 0.3) is 0 Å². The number of hydrogen-bond donors (Lipinski definition) is 4. The number of hydrogen-bond acceptors (Lipinski definition) is 9. The molecule has 30 heavy (non-hydrogen) atoms. The molecule has 1 amide bonds. The van der Waals surface area contributed by atoms with E-state index in [2.05, 4.69) is 26.9 Å². The summed E-state index contributed by atoms with van der Waals surface area (Å²) in [6, 6.07) is 7.64. The Morgan fingerprint density at radius 1 is 1.43 bits per heavy atom. The van der Waals surface area contributed by atoms with E-state index in [0.717, 1.165) is 30.4 Å². The molecule has 2 heterocycles. The van der Waals surface area contributed by atoms with Crippen molar-refractivity contribution in [2.45, 2.75) is 37.3 Å². The Hall–Kier alpha value is -3.42. The molecule has 2 fully saturated rings. The van der Waals surface area contributed by atoms with Gasteiger partial charge in [0, 0.05) is 43.1 Å². The zero-order valence-corrected chi connectivity index (χ0v) is 16.4. The maximum Gasteiger partial charge on any atom is 0.309 e. The highest BCUT2D eigenvalue weighted by Crippen LogP contribution is 2.44. The third kappa shape index (κ3) is 4.42. The van der Waals surface area contributed by atoms with Crippen molar-refractivity contribution in [1.82, 2.24) is 25.8 Å². The van der Waals surface area contributed by atoms with E-state index in [1.165, 1.54) is 11.2 Å². The van der Waals surface area contributed by atoms with Crippen LogP contribution in [0.25, 0.3) is 11.5 Å². The molecule has 2 aliphatic rings. The summed E-state index contributed by atoms with van der Waals surface area (Å²) in [5.74, 6) is 5.99. The van der Waals surface area contributed by atoms with Crippen molar-refractivity contribution in [1.29, 1.82) is 5.26 Å². The van der Waals surface area contributed by atoms with E-state index < -0.39 is 5.91 Å². The van der Waals surface area contributed by atoms with Crippen molar-refractivity contribution < 1.29 is 9.21 Å². The summed E-state index contributed by atoms with van der Waals surface area (Å²) < 4.78 is 5.67. The lowest BCUT2D eigenvalue weighted by Crippen LogP contribution is -2.38. The van der Waals surface area contributed by atoms with Crippen LogP contribution in [0.1, 0.15) is 47.0 Å². The molecule has 1 aromatic carbocycles. The molecule has 6 N–H and O–H groups in total. The molecule has 0 bridgehead atoms. The molecule has 4 rings (SSSR count). The highest BCUT2D eigenvalue weighted by atomic mass is 16.4. The maximum atomic E-state index is 12.6. The van der Waals surface area contributed by atoms with Gasteiger partial charge in [-0.2, -0.15) is 5.26 Å². The van der Waals surface area contributed by atoms with Gasteiger partial charge in [-0.15, -0.1) is 10.2 Å². The Morgan fingerprint density at radius 3 is 3.00 bits per heavy atom. The number of hydrazine groups is 1. The van der Waals surface area contributed by atoms with Crippen molar-refractivity contribution in [3.63, 3.8) is 0 Å². The minimum absolute atomic E-state index is 0.0722. The molecular weight excluding hydrogens is 384 g/mol. The second kappa shape index (κ2) is 8.52. The van der Waals surface area contributed by atoms with E-state index in [1.54, 1.807) is 18.3 Å². The van der Waals surface area contributed by atoms with Crippen LogP contribution in [-0.4, -0.2) is 46.3 Å². The van der Waals surface area contributed by atoms with Gasteiger partial charge < -0.3 is 25.8 Å². The normalized spacial score (nSPS) is 20.9. The number of rotatable bonds is 7. The zero-order valence-electron chi connectivity index (χ0n) is 16.4. The van der Waals surface area contributed by atoms with Gasteiger partial charge in [0.1, 0.15) is 0 Å². The Balaban J connectivity index is 1.41. The number of benzene rings is 1. The summed E-state index contributed by atoms with van der Waals surface area (Å²) in [6.45, 7) is 1.19. The number of aromatic nitrogens is 2. The van der Waals surface area contributed by atoms with E-state index in [4.69, 9.17) is 16.0 Å². The lowest BCUT2D eigenvalue weighted by atomic mass is 10.0. The monoisotopic (exact) mass is 408 g/mol. The summed E-state index contributed by atoms with van der Waals surface area (Å²) in [6.07, 6.45) is 5.87. The minimum atomic E-state index is -0.419. The highest BCUT2D eigenvalue weighted by Gasteiger charge is 2.30. The van der Waals surface area contributed by atoms with Crippen LogP contribution in [0.5, 0.6) is 0 Å². The fourth-order valence-corrected chi connectivity index (χ4v) is 3.73. The number of nitrogens with two attached hydrogens (primary N) is 2. The van der Waals surface area contributed by atoms with Gasteiger partial charge in [0.15, 0.2) is 0 Å². The van der Waals surface area contributed by atoms with Gasteiger partial charge >= 0.3 is 11.8 Å². The number of nitrogens with one attached hydrogen (secondary N) is 2. The molecule has 1 aromatic heterocycles. The van der Waals surface area contributed by atoms with E-state index in [9.17, 15) is 10.1 Å². The maximum absolute atomic E-state index is 12.6. The summed E-state index contributed by atoms with van der Waals surface area (Å²) >= 11 is 0. The van der Waals surface area contributed by atoms with E-state index in [1.807, 2.05) is 6.07 Å². The highest BCUT2D eigenvalue weighted by molar-refractivity contribution is 5.90. The van der Waals surface area contributed by atoms with Gasteiger partial charge in [-0.25, -0.2) is 5.84 Å². The summed E-state index contributed by atoms with van der Waals surface area (Å²) in [5.41, 5.74) is 7.64. The van der Waals surface area contributed by atoms with Crippen molar-refractivity contribution in [2.24, 2.45) is 11.6 Å². The number of nitriles is 1. The largest absolute Gasteiger partial charge is 0.412 e. The summed E-state index contributed by atoms with van der Waals surface area (Å²) in [4.78, 5) is 12.6. The summed E-state index contributed by atoms with van der Waals surface area (Å²) in [7, 11) is 0. The average molecular weight is 408 g/mol. The molecule has 1 aliphatic carbocycles. The molecule has 1 unspecified atom stereocenters. The van der Waals surface area contributed by atoms with Crippen LogP contribution < -0.4 is 22.2 Å². The SMILES string of the molecule is N#Cc1ccc(C2CC2)c(-c2nnc(C(=O)NC3CN[C@H](CN(N)/C=C\N)C3)o2)c1. The molecule has 0 spiro atoms. The van der Waals surface area contributed by atoms with Gasteiger partial charge in [-0.3, -0.25) is 4.79 Å². The van der Waals surface area contributed by atoms with Crippen LogP contribution in [0.4, 0.5) is 0 Å². The smallest absolute Gasteiger partial charge is 0.309 e. The first-order valence-electron chi connectivity index (χ1n) is 9.89. The second-order valence-corrected chi connectivity index (χ2v) is 7.65. The number of nitrogens with zero attached hydrogens (tertiary/aromatic N) is 4. The number of carbonyl (C=O) groups is 1. The van der Waals surface area contributed by atoms with Crippen LogP contribution in [0.15, 0.2) is 35.0 Å². The Morgan fingerprint density at radius 2 is 2.27 bits per heavy atom. The molecule has 156 valence electrons. The molecule has 2 aromatic rings. The van der Waals surface area contributed by atoms with E-state index in [0.29, 0.717) is 24.6 Å². The predicted octanol–water partition coefficient (Wildman–Crippen LogP) is 0.552.